The third kappa shape index (κ3) is 2.57. The van der Waals surface area contributed by atoms with Crippen LogP contribution < -0.4 is 10.2 Å². The van der Waals surface area contributed by atoms with Gasteiger partial charge < -0.3 is 10.2 Å². The lowest BCUT2D eigenvalue weighted by atomic mass is 10.1. The first kappa shape index (κ1) is 14.6. The first-order chi connectivity index (χ1) is 10.6. The number of amides is 2. The van der Waals surface area contributed by atoms with Crippen molar-refractivity contribution in [2.75, 3.05) is 23.5 Å². The van der Waals surface area contributed by atoms with Crippen LogP contribution in [0.25, 0.3) is 0 Å². The van der Waals surface area contributed by atoms with Gasteiger partial charge >= 0.3 is 0 Å². The highest BCUT2D eigenvalue weighted by atomic mass is 32.2. The number of hydrogen-bond donors (Lipinski definition) is 1. The molecule has 22 heavy (non-hydrogen) atoms. The first-order valence-electron chi connectivity index (χ1n) is 6.80. The minimum atomic E-state index is -0.199. The number of thioether (sulfide) groups is 1. The number of carbonyl (C=O) groups is 2. The molecule has 2 aromatic rings. The van der Waals surface area contributed by atoms with E-state index < -0.39 is 0 Å². The molecule has 2 amide bonds. The number of pyridine rings is 1. The fourth-order valence-electron chi connectivity index (χ4n) is 2.47. The van der Waals surface area contributed by atoms with Crippen molar-refractivity contribution in [3.05, 3.63) is 47.7 Å². The minimum Gasteiger partial charge on any atom is -0.322 e. The Balaban J connectivity index is 1.84. The number of aromatic nitrogens is 1. The molecule has 1 aromatic carbocycles. The Morgan fingerprint density at radius 2 is 2.18 bits per heavy atom. The number of rotatable bonds is 3. The predicted octanol–water partition coefficient (Wildman–Crippen LogP) is 2.57. The Morgan fingerprint density at radius 1 is 1.36 bits per heavy atom. The third-order valence-corrected chi connectivity index (χ3v) is 4.34. The molecule has 0 aliphatic carbocycles. The minimum absolute atomic E-state index is 0.0652. The van der Waals surface area contributed by atoms with Crippen molar-refractivity contribution in [3.63, 3.8) is 0 Å². The molecule has 6 heteroatoms. The van der Waals surface area contributed by atoms with Crippen LogP contribution >= 0.6 is 11.8 Å². The molecule has 1 aliphatic rings. The Bertz CT molecular complexity index is 761. The number of anilines is 2. The highest BCUT2D eigenvalue weighted by Gasteiger charge is 2.24. The van der Waals surface area contributed by atoms with Gasteiger partial charge in [0.05, 0.1) is 12.0 Å². The van der Waals surface area contributed by atoms with Gasteiger partial charge in [-0.15, -0.1) is 11.8 Å². The normalized spacial score (nSPS) is 13.2. The monoisotopic (exact) mass is 313 g/mol. The van der Waals surface area contributed by atoms with Crippen molar-refractivity contribution in [2.24, 2.45) is 0 Å². The number of likely N-dealkylation sites (N-methyl/N-ethyl adjacent to an activating group) is 1. The molecule has 0 saturated carbocycles. The van der Waals surface area contributed by atoms with Gasteiger partial charge in [-0.2, -0.15) is 0 Å². The number of fused-ring (bicyclic) bond motifs is 1. The highest BCUT2D eigenvalue weighted by molar-refractivity contribution is 7.98. The summed E-state index contributed by atoms with van der Waals surface area (Å²) in [7, 11) is 1.76. The first-order valence-corrected chi connectivity index (χ1v) is 8.02. The molecule has 3 rings (SSSR count). The van der Waals surface area contributed by atoms with Crippen molar-refractivity contribution in [1.29, 1.82) is 0 Å². The summed E-state index contributed by atoms with van der Waals surface area (Å²) in [6.45, 7) is 0. The summed E-state index contributed by atoms with van der Waals surface area (Å²) in [4.78, 5) is 29.9. The van der Waals surface area contributed by atoms with Gasteiger partial charge in [0.1, 0.15) is 5.03 Å². The summed E-state index contributed by atoms with van der Waals surface area (Å²) in [6, 6.07) is 9.00. The van der Waals surface area contributed by atoms with Gasteiger partial charge in [-0.05, 0) is 42.2 Å². The van der Waals surface area contributed by atoms with E-state index in [1.165, 1.54) is 11.8 Å². The van der Waals surface area contributed by atoms with E-state index in [2.05, 4.69) is 10.3 Å². The van der Waals surface area contributed by atoms with Crippen molar-refractivity contribution >= 4 is 35.0 Å². The average Bonchev–Trinajstić information content (AvgIpc) is 2.81. The summed E-state index contributed by atoms with van der Waals surface area (Å²) in [5, 5.41) is 3.56. The van der Waals surface area contributed by atoms with E-state index >= 15 is 0 Å². The summed E-state index contributed by atoms with van der Waals surface area (Å²) >= 11 is 1.43. The van der Waals surface area contributed by atoms with Crippen molar-refractivity contribution in [3.8, 4) is 0 Å². The van der Waals surface area contributed by atoms with Crippen LogP contribution in [0.4, 0.5) is 11.4 Å². The highest BCUT2D eigenvalue weighted by Crippen LogP contribution is 2.30. The van der Waals surface area contributed by atoms with Crippen LogP contribution in [0.3, 0.4) is 0 Å². The van der Waals surface area contributed by atoms with Crippen LogP contribution in [-0.4, -0.2) is 30.1 Å². The number of nitrogens with zero attached hydrogens (tertiary/aromatic N) is 2. The SMILES string of the molecule is CSc1ncccc1C(=O)Nc1ccc2c(c1)CC(=O)N2C. The molecule has 0 unspecified atom stereocenters. The molecule has 0 fully saturated rings. The molecular formula is C16H15N3O2S. The Labute approximate surface area is 132 Å². The number of hydrogen-bond acceptors (Lipinski definition) is 4. The third-order valence-electron chi connectivity index (χ3n) is 3.62. The van der Waals surface area contributed by atoms with Crippen LogP contribution in [0.15, 0.2) is 41.6 Å². The zero-order valence-electron chi connectivity index (χ0n) is 12.3. The second-order valence-corrected chi connectivity index (χ2v) is 5.78. The second kappa shape index (κ2) is 5.81. The van der Waals surface area contributed by atoms with Crippen LogP contribution in [0.1, 0.15) is 15.9 Å². The van der Waals surface area contributed by atoms with Crippen molar-refractivity contribution in [2.45, 2.75) is 11.4 Å². The van der Waals surface area contributed by atoms with Gasteiger partial charge in [0, 0.05) is 24.6 Å². The second-order valence-electron chi connectivity index (χ2n) is 4.99. The maximum absolute atomic E-state index is 12.4. The van der Waals surface area contributed by atoms with E-state index in [1.807, 2.05) is 18.4 Å². The van der Waals surface area contributed by atoms with Crippen LogP contribution in [0.2, 0.25) is 0 Å². The average molecular weight is 313 g/mol. The van der Waals surface area contributed by atoms with Gasteiger partial charge in [0.25, 0.3) is 5.91 Å². The van der Waals surface area contributed by atoms with Gasteiger partial charge in [-0.3, -0.25) is 9.59 Å². The molecular weight excluding hydrogens is 298 g/mol. The molecule has 1 aliphatic heterocycles. The van der Waals surface area contributed by atoms with Crippen molar-refractivity contribution in [1.82, 2.24) is 4.98 Å². The van der Waals surface area contributed by atoms with E-state index in [1.54, 1.807) is 36.3 Å². The Hall–Kier alpha value is -2.34. The van der Waals surface area contributed by atoms with E-state index in [0.717, 1.165) is 11.3 Å². The molecule has 0 bridgehead atoms. The van der Waals surface area contributed by atoms with Gasteiger partial charge in [0.15, 0.2) is 0 Å². The Morgan fingerprint density at radius 3 is 2.95 bits per heavy atom. The number of carbonyl (C=O) groups excluding carboxylic acids is 2. The molecule has 1 N–H and O–H groups in total. The summed E-state index contributed by atoms with van der Waals surface area (Å²) in [6.07, 6.45) is 3.92. The van der Waals surface area contributed by atoms with E-state index in [4.69, 9.17) is 0 Å². The van der Waals surface area contributed by atoms with Gasteiger partial charge in [-0.25, -0.2) is 4.98 Å². The topological polar surface area (TPSA) is 62.3 Å². The van der Waals surface area contributed by atoms with Crippen LogP contribution in [-0.2, 0) is 11.2 Å². The zero-order chi connectivity index (χ0) is 15.7. The molecule has 0 radical (unpaired) electrons. The molecule has 0 spiro atoms. The number of benzene rings is 1. The molecule has 1 aromatic heterocycles. The van der Waals surface area contributed by atoms with Gasteiger partial charge in [0.2, 0.25) is 5.91 Å². The fourth-order valence-corrected chi connectivity index (χ4v) is 3.02. The zero-order valence-corrected chi connectivity index (χ0v) is 13.1. The molecule has 5 nitrogen and oxygen atoms in total. The summed E-state index contributed by atoms with van der Waals surface area (Å²) in [5.74, 6) is -0.134. The predicted molar refractivity (Wildman–Crippen MR) is 87.5 cm³/mol. The molecule has 112 valence electrons. The van der Waals surface area contributed by atoms with E-state index in [-0.39, 0.29) is 11.8 Å². The fraction of sp³-hybridized carbons (Fsp3) is 0.188. The quantitative estimate of drug-likeness (QED) is 0.885. The van der Waals surface area contributed by atoms with Crippen LogP contribution in [0, 0.1) is 0 Å². The van der Waals surface area contributed by atoms with Crippen LogP contribution in [0.5, 0.6) is 0 Å². The largest absolute Gasteiger partial charge is 0.322 e. The maximum atomic E-state index is 12.4. The van der Waals surface area contributed by atoms with E-state index in [9.17, 15) is 9.59 Å². The molecule has 2 heterocycles. The standard InChI is InChI=1S/C16H15N3O2S/c1-19-13-6-5-11(8-10(13)9-14(19)20)18-15(21)12-4-3-7-17-16(12)22-2/h3-8H,9H2,1-2H3,(H,18,21). The lowest BCUT2D eigenvalue weighted by Gasteiger charge is -2.11. The van der Waals surface area contributed by atoms with Gasteiger partial charge in [-0.1, -0.05) is 0 Å². The molecule has 0 saturated heterocycles. The Kier molecular flexibility index (Phi) is 3.85. The van der Waals surface area contributed by atoms with E-state index in [0.29, 0.717) is 22.7 Å². The lowest BCUT2D eigenvalue weighted by Crippen LogP contribution is -2.20. The number of nitrogens with one attached hydrogen (secondary N) is 1. The van der Waals surface area contributed by atoms with Crippen molar-refractivity contribution < 1.29 is 9.59 Å². The smallest absolute Gasteiger partial charge is 0.258 e. The lowest BCUT2D eigenvalue weighted by molar-refractivity contribution is -0.117. The summed E-state index contributed by atoms with van der Waals surface area (Å²) < 4.78 is 0. The molecule has 0 atom stereocenters. The maximum Gasteiger partial charge on any atom is 0.258 e. The summed E-state index contributed by atoms with van der Waals surface area (Å²) in [5.41, 5.74) is 3.06.